The molecule has 1 N–H and O–H groups in total. The second-order valence-corrected chi connectivity index (χ2v) is 9.16. The summed E-state index contributed by atoms with van der Waals surface area (Å²) in [6, 6.07) is 0.421. The third-order valence-electron chi connectivity index (χ3n) is 6.79. The Bertz CT molecular complexity index is 782. The number of rotatable bonds is 12. The second kappa shape index (κ2) is 16.9. The quantitative estimate of drug-likeness (QED) is 0.181. The Labute approximate surface area is 213 Å². The lowest BCUT2D eigenvalue weighted by atomic mass is 9.75. The molecule has 1 aliphatic heterocycles. The highest BCUT2D eigenvalue weighted by molar-refractivity contribution is 5.92. The van der Waals surface area contributed by atoms with E-state index in [4.69, 9.17) is 9.47 Å². The normalized spacial score (nSPS) is 23.2. The van der Waals surface area contributed by atoms with Crippen LogP contribution < -0.4 is 5.32 Å². The molecule has 0 aromatic heterocycles. The molecule has 3 atom stereocenters. The Morgan fingerprint density at radius 1 is 0.750 bits per heavy atom. The summed E-state index contributed by atoms with van der Waals surface area (Å²) in [7, 11) is 2.50. The third-order valence-corrected chi connectivity index (χ3v) is 6.79. The number of ether oxygens (including phenoxy) is 4. The SMILES string of the molecule is COC(=O)C=CC(=O)OCCNC1CCCC(C2CCCN(CCOC(=O)C=CC(=O)OC)CC2)C1. The number of methoxy groups -OCH3 is 2. The van der Waals surface area contributed by atoms with Gasteiger partial charge in [-0.1, -0.05) is 12.8 Å². The molecule has 10 heteroatoms. The van der Waals surface area contributed by atoms with Gasteiger partial charge in [-0.2, -0.15) is 0 Å². The first-order valence-corrected chi connectivity index (χ1v) is 12.7. The van der Waals surface area contributed by atoms with Crippen molar-refractivity contribution < 1.29 is 38.1 Å². The Hall–Kier alpha value is -2.72. The van der Waals surface area contributed by atoms with Crippen molar-refractivity contribution in [3.05, 3.63) is 24.3 Å². The molecule has 2 fully saturated rings. The zero-order valence-corrected chi connectivity index (χ0v) is 21.4. The molecule has 0 amide bonds. The van der Waals surface area contributed by atoms with E-state index in [1.54, 1.807) is 0 Å². The zero-order valence-electron chi connectivity index (χ0n) is 21.4. The van der Waals surface area contributed by atoms with Gasteiger partial charge in [0.1, 0.15) is 13.2 Å². The third kappa shape index (κ3) is 11.8. The molecule has 0 bridgehead atoms. The van der Waals surface area contributed by atoms with Crippen LogP contribution in [0.15, 0.2) is 24.3 Å². The van der Waals surface area contributed by atoms with Crippen molar-refractivity contribution in [1.29, 1.82) is 0 Å². The molecule has 0 aromatic carbocycles. The molecule has 2 aliphatic rings. The van der Waals surface area contributed by atoms with E-state index < -0.39 is 23.9 Å². The Morgan fingerprint density at radius 3 is 2.03 bits per heavy atom. The first kappa shape index (κ1) is 29.5. The lowest BCUT2D eigenvalue weighted by molar-refractivity contribution is -0.139. The molecular weight excluding hydrogens is 468 g/mol. The largest absolute Gasteiger partial charge is 0.466 e. The van der Waals surface area contributed by atoms with E-state index in [9.17, 15) is 19.2 Å². The number of nitrogens with zero attached hydrogens (tertiary/aromatic N) is 1. The maximum absolute atomic E-state index is 11.7. The minimum absolute atomic E-state index is 0.257. The van der Waals surface area contributed by atoms with Crippen LogP contribution in [0, 0.1) is 11.8 Å². The van der Waals surface area contributed by atoms with Crippen LogP contribution in [-0.2, 0) is 38.1 Å². The van der Waals surface area contributed by atoms with Gasteiger partial charge in [-0.3, -0.25) is 4.90 Å². The summed E-state index contributed by atoms with van der Waals surface area (Å²) >= 11 is 0. The number of esters is 4. The van der Waals surface area contributed by atoms with Gasteiger partial charge in [0.2, 0.25) is 0 Å². The van der Waals surface area contributed by atoms with Crippen LogP contribution in [0.4, 0.5) is 0 Å². The summed E-state index contributed by atoms with van der Waals surface area (Å²) in [5.74, 6) is -0.901. The van der Waals surface area contributed by atoms with Gasteiger partial charge in [-0.25, -0.2) is 19.2 Å². The van der Waals surface area contributed by atoms with Crippen LogP contribution in [0.3, 0.4) is 0 Å². The van der Waals surface area contributed by atoms with Crippen molar-refractivity contribution in [3.8, 4) is 0 Å². The first-order chi connectivity index (χ1) is 17.4. The maximum Gasteiger partial charge on any atom is 0.331 e. The number of carbonyl (C=O) groups is 4. The smallest absolute Gasteiger partial charge is 0.331 e. The van der Waals surface area contributed by atoms with E-state index in [0.717, 1.165) is 63.1 Å². The molecular formula is C26H40N2O8. The van der Waals surface area contributed by atoms with Crippen LogP contribution >= 0.6 is 0 Å². The summed E-state index contributed by atoms with van der Waals surface area (Å²) in [4.78, 5) is 47.7. The highest BCUT2D eigenvalue weighted by atomic mass is 16.5. The average molecular weight is 509 g/mol. The van der Waals surface area contributed by atoms with Gasteiger partial charge in [0.15, 0.2) is 0 Å². The van der Waals surface area contributed by atoms with E-state index >= 15 is 0 Å². The van der Waals surface area contributed by atoms with E-state index in [0.29, 0.717) is 37.6 Å². The van der Waals surface area contributed by atoms with Crippen LogP contribution in [0.25, 0.3) is 0 Å². The van der Waals surface area contributed by atoms with Crippen molar-refractivity contribution in [1.82, 2.24) is 10.2 Å². The minimum atomic E-state index is -0.590. The molecule has 3 unspecified atom stereocenters. The lowest BCUT2D eigenvalue weighted by Gasteiger charge is -2.35. The van der Waals surface area contributed by atoms with Crippen LogP contribution in [-0.4, -0.2) is 88.4 Å². The van der Waals surface area contributed by atoms with Crippen molar-refractivity contribution in [2.24, 2.45) is 11.8 Å². The average Bonchev–Trinajstić information content (AvgIpc) is 3.14. The van der Waals surface area contributed by atoms with Gasteiger partial charge in [-0.05, 0) is 57.0 Å². The maximum atomic E-state index is 11.7. The van der Waals surface area contributed by atoms with Crippen molar-refractivity contribution in [2.45, 2.75) is 51.0 Å². The standard InChI is InChI=1S/C26H40N2O8/c1-33-23(29)8-10-25(31)35-17-13-27-22-7-3-5-21(19-22)20-6-4-14-28(15-12-20)16-18-36-26(32)11-9-24(30)34-2/h8-11,20-22,27H,3-7,12-19H2,1-2H3. The predicted octanol–water partition coefficient (Wildman–Crippen LogP) is 1.78. The number of nitrogens with one attached hydrogen (secondary N) is 1. The molecule has 0 aromatic rings. The summed E-state index contributed by atoms with van der Waals surface area (Å²) in [6.07, 6.45) is 12.4. The molecule has 10 nitrogen and oxygen atoms in total. The van der Waals surface area contributed by atoms with Gasteiger partial charge in [-0.15, -0.1) is 0 Å². The molecule has 1 saturated heterocycles. The van der Waals surface area contributed by atoms with E-state index in [-0.39, 0.29) is 6.61 Å². The van der Waals surface area contributed by atoms with E-state index in [2.05, 4.69) is 19.7 Å². The summed E-state index contributed by atoms with van der Waals surface area (Å²) < 4.78 is 19.2. The molecule has 0 spiro atoms. The van der Waals surface area contributed by atoms with Gasteiger partial charge in [0.05, 0.1) is 14.2 Å². The Morgan fingerprint density at radius 2 is 1.36 bits per heavy atom. The highest BCUT2D eigenvalue weighted by Crippen LogP contribution is 2.35. The van der Waals surface area contributed by atoms with Gasteiger partial charge in [0, 0.05) is 43.4 Å². The van der Waals surface area contributed by atoms with Crippen molar-refractivity contribution >= 4 is 23.9 Å². The first-order valence-electron chi connectivity index (χ1n) is 12.7. The molecule has 1 heterocycles. The summed E-state index contributed by atoms with van der Waals surface area (Å²) in [5.41, 5.74) is 0. The fourth-order valence-electron chi connectivity index (χ4n) is 4.91. The van der Waals surface area contributed by atoms with Crippen molar-refractivity contribution in [2.75, 3.05) is 53.6 Å². The summed E-state index contributed by atoms with van der Waals surface area (Å²) in [6.45, 7) is 3.81. The minimum Gasteiger partial charge on any atom is -0.466 e. The molecule has 1 aliphatic carbocycles. The fourth-order valence-corrected chi connectivity index (χ4v) is 4.91. The highest BCUT2D eigenvalue weighted by Gasteiger charge is 2.29. The van der Waals surface area contributed by atoms with Gasteiger partial charge in [0.25, 0.3) is 0 Å². The van der Waals surface area contributed by atoms with Crippen molar-refractivity contribution in [3.63, 3.8) is 0 Å². The molecule has 2 rings (SSSR count). The van der Waals surface area contributed by atoms with E-state index in [1.807, 2.05) is 0 Å². The Balaban J connectivity index is 1.64. The number of hydrogen-bond donors (Lipinski definition) is 1. The van der Waals surface area contributed by atoms with Gasteiger partial charge < -0.3 is 24.3 Å². The molecule has 202 valence electrons. The summed E-state index contributed by atoms with van der Waals surface area (Å²) in [5, 5.41) is 3.52. The zero-order chi connectivity index (χ0) is 26.2. The van der Waals surface area contributed by atoms with Gasteiger partial charge >= 0.3 is 23.9 Å². The fraction of sp³-hybridized carbons (Fsp3) is 0.692. The molecule has 0 radical (unpaired) electrons. The number of hydrogen-bond acceptors (Lipinski definition) is 10. The number of likely N-dealkylation sites (tertiary alicyclic amines) is 1. The molecule has 1 saturated carbocycles. The topological polar surface area (TPSA) is 120 Å². The van der Waals surface area contributed by atoms with Crippen LogP contribution in [0.2, 0.25) is 0 Å². The van der Waals surface area contributed by atoms with E-state index in [1.165, 1.54) is 33.5 Å². The predicted molar refractivity (Wildman–Crippen MR) is 132 cm³/mol. The number of carbonyl (C=O) groups excluding carboxylic acids is 4. The lowest BCUT2D eigenvalue weighted by Crippen LogP contribution is -2.38. The monoisotopic (exact) mass is 508 g/mol. The molecule has 36 heavy (non-hydrogen) atoms. The Kier molecular flexibility index (Phi) is 13.8. The van der Waals surface area contributed by atoms with Crippen LogP contribution in [0.5, 0.6) is 0 Å². The van der Waals surface area contributed by atoms with Crippen LogP contribution in [0.1, 0.15) is 44.9 Å². The second-order valence-electron chi connectivity index (χ2n) is 9.16.